The van der Waals surface area contributed by atoms with Crippen LogP contribution in [0.5, 0.6) is 0 Å². The van der Waals surface area contributed by atoms with E-state index in [0.29, 0.717) is 5.92 Å². The molecule has 0 bridgehead atoms. The summed E-state index contributed by atoms with van der Waals surface area (Å²) in [6.07, 6.45) is 30.3. The summed E-state index contributed by atoms with van der Waals surface area (Å²) in [4.78, 5) is 0. The van der Waals surface area contributed by atoms with Crippen molar-refractivity contribution in [2.75, 3.05) is 0 Å². The van der Waals surface area contributed by atoms with Gasteiger partial charge in [-0.1, -0.05) is 156 Å². The van der Waals surface area contributed by atoms with Gasteiger partial charge in [0, 0.05) is 0 Å². The van der Waals surface area contributed by atoms with Gasteiger partial charge in [0.2, 0.25) is 0 Å². The second kappa shape index (κ2) is 22.0. The maximum atomic E-state index is 4.24. The maximum Gasteiger partial charge on any atom is -0.0414 e. The van der Waals surface area contributed by atoms with Gasteiger partial charge in [0.05, 0.1) is 0 Å². The summed E-state index contributed by atoms with van der Waals surface area (Å²) in [5, 5.41) is 0. The zero-order chi connectivity index (χ0) is 18.4. The second-order valence-corrected chi connectivity index (χ2v) is 8.45. The molecule has 1 atom stereocenters. The number of hydrogen-bond acceptors (Lipinski definition) is 0. The lowest BCUT2D eigenvalue weighted by Crippen LogP contribution is -1.94. The minimum atomic E-state index is 0.714. The molecular weight excluding hydrogens is 300 g/mol. The molecule has 151 valence electrons. The van der Waals surface area contributed by atoms with Gasteiger partial charge in [-0.25, -0.2) is 0 Å². The van der Waals surface area contributed by atoms with Crippen molar-refractivity contribution in [3.8, 4) is 0 Å². The van der Waals surface area contributed by atoms with Crippen LogP contribution in [0.15, 0.2) is 0 Å². The molecular formula is C25H51. The van der Waals surface area contributed by atoms with Gasteiger partial charge >= 0.3 is 0 Å². The van der Waals surface area contributed by atoms with Crippen LogP contribution in [0.25, 0.3) is 0 Å². The van der Waals surface area contributed by atoms with Gasteiger partial charge < -0.3 is 0 Å². The summed E-state index contributed by atoms with van der Waals surface area (Å²) < 4.78 is 0. The zero-order valence-electron chi connectivity index (χ0n) is 18.1. The Kier molecular flexibility index (Phi) is 22.0. The first-order valence-corrected chi connectivity index (χ1v) is 12.1. The van der Waals surface area contributed by atoms with Gasteiger partial charge in [-0.2, -0.15) is 0 Å². The van der Waals surface area contributed by atoms with Crippen molar-refractivity contribution in [2.45, 2.75) is 149 Å². The van der Waals surface area contributed by atoms with Crippen molar-refractivity contribution in [3.63, 3.8) is 0 Å². The molecule has 0 aliphatic rings. The van der Waals surface area contributed by atoms with Crippen LogP contribution in [-0.4, -0.2) is 0 Å². The minimum absolute atomic E-state index is 0.714. The minimum Gasteiger partial charge on any atom is -0.0654 e. The molecule has 0 aromatic carbocycles. The maximum absolute atomic E-state index is 4.24. The molecule has 0 aromatic rings. The molecule has 0 nitrogen and oxygen atoms in total. The van der Waals surface area contributed by atoms with E-state index in [-0.39, 0.29) is 0 Å². The lowest BCUT2D eigenvalue weighted by Gasteiger charge is -2.09. The highest BCUT2D eigenvalue weighted by atomic mass is 14.1. The molecule has 0 heteroatoms. The summed E-state index contributed by atoms with van der Waals surface area (Å²) in [6.45, 7) is 8.81. The molecule has 0 N–H and O–H groups in total. The van der Waals surface area contributed by atoms with Crippen molar-refractivity contribution in [2.24, 2.45) is 5.92 Å². The van der Waals surface area contributed by atoms with E-state index in [0.717, 1.165) is 0 Å². The lowest BCUT2D eigenvalue weighted by molar-refractivity contribution is 0.481. The zero-order valence-corrected chi connectivity index (χ0v) is 18.1. The van der Waals surface area contributed by atoms with Gasteiger partial charge in [-0.3, -0.25) is 0 Å². The van der Waals surface area contributed by atoms with E-state index in [1.54, 1.807) is 0 Å². The second-order valence-electron chi connectivity index (χ2n) is 8.45. The van der Waals surface area contributed by atoms with Crippen LogP contribution in [0, 0.1) is 12.8 Å². The van der Waals surface area contributed by atoms with Crippen molar-refractivity contribution < 1.29 is 0 Å². The summed E-state index contributed by atoms with van der Waals surface area (Å²) in [5.41, 5.74) is 0. The Balaban J connectivity index is 3.00. The molecule has 0 aliphatic carbocycles. The van der Waals surface area contributed by atoms with Crippen LogP contribution in [0.2, 0.25) is 0 Å². The molecule has 0 saturated heterocycles. The monoisotopic (exact) mass is 351 g/mol. The molecule has 0 saturated carbocycles. The molecule has 0 amide bonds. The molecule has 0 aromatic heterocycles. The predicted molar refractivity (Wildman–Crippen MR) is 117 cm³/mol. The van der Waals surface area contributed by atoms with Crippen LogP contribution >= 0.6 is 0 Å². The molecule has 1 unspecified atom stereocenters. The molecule has 0 rings (SSSR count). The SMILES string of the molecule is [CH2]C(CCC)CCCCCCCCCCCCCCCCCCCC. The quantitative estimate of drug-likeness (QED) is 0.180. The Bertz CT molecular complexity index is 220. The molecule has 0 heterocycles. The van der Waals surface area contributed by atoms with Gasteiger partial charge in [0.25, 0.3) is 0 Å². The smallest absolute Gasteiger partial charge is 0.0414 e. The summed E-state index contributed by atoms with van der Waals surface area (Å²) in [7, 11) is 0. The predicted octanol–water partition coefficient (Wildman–Crippen LogP) is 9.67. The molecule has 0 aliphatic heterocycles. The van der Waals surface area contributed by atoms with E-state index in [1.165, 1.54) is 135 Å². The highest BCUT2D eigenvalue weighted by Gasteiger charge is 2.00. The van der Waals surface area contributed by atoms with E-state index in [4.69, 9.17) is 0 Å². The average molecular weight is 352 g/mol. The van der Waals surface area contributed by atoms with Crippen LogP contribution in [-0.2, 0) is 0 Å². The molecule has 0 fully saturated rings. The fourth-order valence-electron chi connectivity index (χ4n) is 3.89. The summed E-state index contributed by atoms with van der Waals surface area (Å²) in [6, 6.07) is 0. The fourth-order valence-corrected chi connectivity index (χ4v) is 3.89. The first kappa shape index (κ1) is 25.0. The third-order valence-corrected chi connectivity index (χ3v) is 5.66. The van der Waals surface area contributed by atoms with E-state index < -0.39 is 0 Å². The van der Waals surface area contributed by atoms with E-state index >= 15 is 0 Å². The van der Waals surface area contributed by atoms with Crippen LogP contribution in [0.3, 0.4) is 0 Å². The number of rotatable bonds is 21. The summed E-state index contributed by atoms with van der Waals surface area (Å²) >= 11 is 0. The third kappa shape index (κ3) is 22.0. The van der Waals surface area contributed by atoms with Crippen LogP contribution in [0.4, 0.5) is 0 Å². The standard InChI is InChI=1S/C25H51/c1-4-6-7-8-9-10-11-12-13-14-15-16-17-18-19-20-21-22-24-25(3)23-5-2/h25H,3-24H2,1-2H3. The Labute approximate surface area is 161 Å². The van der Waals surface area contributed by atoms with Crippen LogP contribution in [0.1, 0.15) is 149 Å². The van der Waals surface area contributed by atoms with E-state index in [2.05, 4.69) is 20.8 Å². The van der Waals surface area contributed by atoms with Crippen molar-refractivity contribution >= 4 is 0 Å². The first-order valence-electron chi connectivity index (χ1n) is 12.1. The number of hydrogen-bond donors (Lipinski definition) is 0. The van der Waals surface area contributed by atoms with E-state index in [9.17, 15) is 0 Å². The fraction of sp³-hybridized carbons (Fsp3) is 0.960. The summed E-state index contributed by atoms with van der Waals surface area (Å²) in [5.74, 6) is 0.714. The first-order chi connectivity index (χ1) is 12.3. The largest absolute Gasteiger partial charge is 0.0654 e. The van der Waals surface area contributed by atoms with Crippen molar-refractivity contribution in [1.29, 1.82) is 0 Å². The lowest BCUT2D eigenvalue weighted by atomic mass is 9.98. The highest BCUT2D eigenvalue weighted by Crippen LogP contribution is 2.17. The topological polar surface area (TPSA) is 0 Å². The third-order valence-electron chi connectivity index (χ3n) is 5.66. The van der Waals surface area contributed by atoms with Crippen LogP contribution < -0.4 is 0 Å². The van der Waals surface area contributed by atoms with Crippen molar-refractivity contribution in [3.05, 3.63) is 6.92 Å². The Hall–Kier alpha value is 0. The Morgan fingerprint density at radius 2 is 0.720 bits per heavy atom. The normalized spacial score (nSPS) is 12.6. The Morgan fingerprint density at radius 1 is 0.400 bits per heavy atom. The highest BCUT2D eigenvalue weighted by molar-refractivity contribution is 4.60. The van der Waals surface area contributed by atoms with Gasteiger partial charge in [-0.15, -0.1) is 0 Å². The van der Waals surface area contributed by atoms with Gasteiger partial charge in [-0.05, 0) is 5.92 Å². The van der Waals surface area contributed by atoms with Gasteiger partial charge in [0.15, 0.2) is 0 Å². The Morgan fingerprint density at radius 3 is 1.04 bits per heavy atom. The average Bonchev–Trinajstić information content (AvgIpc) is 2.61. The van der Waals surface area contributed by atoms with Crippen molar-refractivity contribution in [1.82, 2.24) is 0 Å². The van der Waals surface area contributed by atoms with E-state index in [1.807, 2.05) is 0 Å². The molecule has 1 radical (unpaired) electrons. The molecule has 0 spiro atoms. The van der Waals surface area contributed by atoms with Gasteiger partial charge in [0.1, 0.15) is 0 Å². The number of unbranched alkanes of at least 4 members (excludes halogenated alkanes) is 17. The molecule has 25 heavy (non-hydrogen) atoms.